The fraction of sp³-hybridized carbons (Fsp3) is 0.684. The number of likely N-dealkylation sites (N-methyl/N-ethyl adjacent to an activating group) is 1. The van der Waals surface area contributed by atoms with Crippen molar-refractivity contribution in [3.8, 4) is 0 Å². The van der Waals surface area contributed by atoms with Crippen LogP contribution in [0.1, 0.15) is 58.6 Å². The predicted molar refractivity (Wildman–Crippen MR) is 90.2 cm³/mol. The molecule has 0 amide bonds. The molecule has 0 heterocycles. The molecule has 0 saturated heterocycles. The second-order valence-electron chi connectivity index (χ2n) is 7.49. The minimum Gasteiger partial charge on any atom is -0.314 e. The third kappa shape index (κ3) is 6.56. The first-order valence-corrected chi connectivity index (χ1v) is 8.09. The first kappa shape index (κ1) is 17.2. The van der Waals surface area contributed by atoms with Crippen LogP contribution in [-0.2, 0) is 6.42 Å². The van der Waals surface area contributed by atoms with E-state index in [9.17, 15) is 0 Å². The molecule has 0 aromatic heterocycles. The molecule has 0 radical (unpaired) electrons. The third-order valence-corrected chi connectivity index (χ3v) is 3.87. The van der Waals surface area contributed by atoms with Crippen LogP contribution in [0, 0.1) is 18.3 Å². The zero-order chi connectivity index (χ0) is 15.2. The average Bonchev–Trinajstić information content (AvgIpc) is 2.29. The Balaban J connectivity index is 2.63. The first-order chi connectivity index (χ1) is 9.31. The minimum absolute atomic E-state index is 0.429. The van der Waals surface area contributed by atoms with Crippen LogP contribution in [0.15, 0.2) is 24.3 Å². The van der Waals surface area contributed by atoms with Gasteiger partial charge >= 0.3 is 0 Å². The van der Waals surface area contributed by atoms with Gasteiger partial charge in [-0.1, -0.05) is 58.9 Å². The molecule has 1 N–H and O–H groups in total. The monoisotopic (exact) mass is 275 g/mol. The zero-order valence-corrected chi connectivity index (χ0v) is 14.3. The van der Waals surface area contributed by atoms with Crippen LogP contribution in [0.3, 0.4) is 0 Å². The molecule has 20 heavy (non-hydrogen) atoms. The molecule has 1 heteroatoms. The predicted octanol–water partition coefficient (Wildman–Crippen LogP) is 4.98. The van der Waals surface area contributed by atoms with E-state index < -0.39 is 0 Å². The summed E-state index contributed by atoms with van der Waals surface area (Å²) in [5.41, 5.74) is 3.33. The van der Waals surface area contributed by atoms with E-state index in [1.807, 2.05) is 0 Å². The van der Waals surface area contributed by atoms with Gasteiger partial charge in [0.1, 0.15) is 0 Å². The molecule has 0 bridgehead atoms. The second-order valence-corrected chi connectivity index (χ2v) is 7.49. The summed E-state index contributed by atoms with van der Waals surface area (Å²) in [4.78, 5) is 0. The topological polar surface area (TPSA) is 12.0 Å². The molecule has 1 rings (SSSR count). The van der Waals surface area contributed by atoms with Crippen molar-refractivity contribution in [1.29, 1.82) is 0 Å². The lowest BCUT2D eigenvalue weighted by atomic mass is 9.82. The Morgan fingerprint density at radius 2 is 1.80 bits per heavy atom. The molecule has 0 aliphatic rings. The number of nitrogens with one attached hydrogen (secondary N) is 1. The van der Waals surface area contributed by atoms with Crippen molar-refractivity contribution in [2.45, 2.75) is 66.8 Å². The largest absolute Gasteiger partial charge is 0.314 e. The highest BCUT2D eigenvalue weighted by Gasteiger charge is 2.19. The van der Waals surface area contributed by atoms with E-state index in [2.05, 4.69) is 71.1 Å². The summed E-state index contributed by atoms with van der Waals surface area (Å²) in [6, 6.07) is 9.37. The Bertz CT molecular complexity index is 389. The van der Waals surface area contributed by atoms with E-state index >= 15 is 0 Å². The maximum Gasteiger partial charge on any atom is 0.0110 e. The van der Waals surface area contributed by atoms with Crippen LogP contribution in [0.25, 0.3) is 0 Å². The molecule has 0 fully saturated rings. The van der Waals surface area contributed by atoms with Gasteiger partial charge in [-0.15, -0.1) is 0 Å². The van der Waals surface area contributed by atoms with Crippen LogP contribution in [0.2, 0.25) is 0 Å². The van der Waals surface area contributed by atoms with E-state index in [0.717, 1.165) is 18.9 Å². The van der Waals surface area contributed by atoms with Gasteiger partial charge in [0.15, 0.2) is 0 Å². The molecular weight excluding hydrogens is 242 g/mol. The summed E-state index contributed by atoms with van der Waals surface area (Å²) >= 11 is 0. The number of aryl methyl sites for hydroxylation is 1. The first-order valence-electron chi connectivity index (χ1n) is 8.09. The van der Waals surface area contributed by atoms with Gasteiger partial charge < -0.3 is 5.32 Å². The molecule has 0 spiro atoms. The van der Waals surface area contributed by atoms with Crippen molar-refractivity contribution in [3.63, 3.8) is 0 Å². The van der Waals surface area contributed by atoms with Crippen LogP contribution in [-0.4, -0.2) is 12.6 Å². The number of rotatable bonds is 7. The maximum absolute atomic E-state index is 3.67. The summed E-state index contributed by atoms with van der Waals surface area (Å²) in [5.74, 6) is 0.767. The molecule has 0 saturated carbocycles. The molecule has 1 aromatic carbocycles. The summed E-state index contributed by atoms with van der Waals surface area (Å²) in [7, 11) is 0. The quantitative estimate of drug-likeness (QED) is 0.740. The smallest absolute Gasteiger partial charge is 0.0110 e. The van der Waals surface area contributed by atoms with Crippen molar-refractivity contribution < 1.29 is 0 Å². The molecule has 114 valence electrons. The molecule has 1 aromatic rings. The SMILES string of the molecule is CCNC(Cc1ccccc1C)CC(C)CC(C)(C)C. The van der Waals surface area contributed by atoms with E-state index in [1.54, 1.807) is 0 Å². The Morgan fingerprint density at radius 3 is 2.35 bits per heavy atom. The van der Waals surface area contributed by atoms with Gasteiger partial charge in [-0.2, -0.15) is 0 Å². The van der Waals surface area contributed by atoms with Crippen LogP contribution >= 0.6 is 0 Å². The second kappa shape index (κ2) is 7.83. The Kier molecular flexibility index (Phi) is 6.75. The van der Waals surface area contributed by atoms with Gasteiger partial charge in [0, 0.05) is 6.04 Å². The van der Waals surface area contributed by atoms with Gasteiger partial charge in [-0.25, -0.2) is 0 Å². The van der Waals surface area contributed by atoms with E-state index in [0.29, 0.717) is 11.5 Å². The molecule has 0 aliphatic carbocycles. The van der Waals surface area contributed by atoms with Crippen molar-refractivity contribution in [1.82, 2.24) is 5.32 Å². The van der Waals surface area contributed by atoms with E-state index in [4.69, 9.17) is 0 Å². The van der Waals surface area contributed by atoms with E-state index in [1.165, 1.54) is 24.0 Å². The maximum atomic E-state index is 3.67. The van der Waals surface area contributed by atoms with Crippen molar-refractivity contribution in [2.75, 3.05) is 6.54 Å². The normalized spacial score (nSPS) is 15.1. The van der Waals surface area contributed by atoms with E-state index in [-0.39, 0.29) is 0 Å². The number of benzene rings is 1. The zero-order valence-electron chi connectivity index (χ0n) is 14.3. The molecule has 1 nitrogen and oxygen atoms in total. The fourth-order valence-corrected chi connectivity index (χ4v) is 3.25. The van der Waals surface area contributed by atoms with Crippen molar-refractivity contribution >= 4 is 0 Å². The van der Waals surface area contributed by atoms with Gasteiger partial charge in [0.25, 0.3) is 0 Å². The van der Waals surface area contributed by atoms with Gasteiger partial charge in [0.2, 0.25) is 0 Å². The molecule has 2 unspecified atom stereocenters. The lowest BCUT2D eigenvalue weighted by Crippen LogP contribution is -2.33. The van der Waals surface area contributed by atoms with Crippen molar-refractivity contribution in [2.24, 2.45) is 11.3 Å². The van der Waals surface area contributed by atoms with Crippen LogP contribution in [0.5, 0.6) is 0 Å². The van der Waals surface area contributed by atoms with Gasteiger partial charge in [0.05, 0.1) is 0 Å². The van der Waals surface area contributed by atoms with Crippen LogP contribution < -0.4 is 5.32 Å². The van der Waals surface area contributed by atoms with Crippen LogP contribution in [0.4, 0.5) is 0 Å². The summed E-state index contributed by atoms with van der Waals surface area (Å²) in [6.45, 7) is 14.9. The molecular formula is C19H33N. The molecule has 2 atom stereocenters. The Hall–Kier alpha value is -0.820. The standard InChI is InChI=1S/C19H33N/c1-7-20-18(12-15(2)14-19(4,5)6)13-17-11-9-8-10-16(17)3/h8-11,15,18,20H,7,12-14H2,1-6H3. The lowest BCUT2D eigenvalue weighted by molar-refractivity contribution is 0.275. The minimum atomic E-state index is 0.429. The Labute approximate surface area is 126 Å². The highest BCUT2D eigenvalue weighted by atomic mass is 14.9. The summed E-state index contributed by atoms with van der Waals surface area (Å²) in [5, 5.41) is 3.67. The highest BCUT2D eigenvalue weighted by molar-refractivity contribution is 5.26. The number of hydrogen-bond donors (Lipinski definition) is 1. The van der Waals surface area contributed by atoms with Crippen molar-refractivity contribution in [3.05, 3.63) is 35.4 Å². The highest BCUT2D eigenvalue weighted by Crippen LogP contribution is 2.27. The number of hydrogen-bond acceptors (Lipinski definition) is 1. The molecule has 0 aliphatic heterocycles. The average molecular weight is 275 g/mol. The van der Waals surface area contributed by atoms with Gasteiger partial charge in [-0.05, 0) is 55.2 Å². The van der Waals surface area contributed by atoms with Gasteiger partial charge in [-0.3, -0.25) is 0 Å². The summed E-state index contributed by atoms with van der Waals surface area (Å²) < 4.78 is 0. The fourth-order valence-electron chi connectivity index (χ4n) is 3.25. The lowest BCUT2D eigenvalue weighted by Gasteiger charge is -2.27. The third-order valence-electron chi connectivity index (χ3n) is 3.87. The summed E-state index contributed by atoms with van der Waals surface area (Å²) in [6.07, 6.45) is 3.71. The Morgan fingerprint density at radius 1 is 1.15 bits per heavy atom.